The van der Waals surface area contributed by atoms with Crippen LogP contribution in [0.2, 0.25) is 0 Å². The minimum absolute atomic E-state index is 0.0811. The van der Waals surface area contributed by atoms with Crippen molar-refractivity contribution in [3.63, 3.8) is 0 Å². The van der Waals surface area contributed by atoms with E-state index in [1.165, 1.54) is 0 Å². The first kappa shape index (κ1) is 15.3. The Kier molecular flexibility index (Phi) is 6.40. The van der Waals surface area contributed by atoms with E-state index in [0.717, 1.165) is 0 Å². The van der Waals surface area contributed by atoms with Crippen molar-refractivity contribution in [1.82, 2.24) is 20.6 Å². The first-order chi connectivity index (χ1) is 9.69. The fourth-order valence-electron chi connectivity index (χ4n) is 1.30. The van der Waals surface area contributed by atoms with Gasteiger partial charge in [0.15, 0.2) is 0 Å². The van der Waals surface area contributed by atoms with Crippen molar-refractivity contribution in [2.24, 2.45) is 0 Å². The summed E-state index contributed by atoms with van der Waals surface area (Å²) in [6.07, 6.45) is 6.35. The van der Waals surface area contributed by atoms with E-state index < -0.39 is 0 Å². The molecule has 0 aliphatic heterocycles. The third-order valence-corrected chi connectivity index (χ3v) is 2.34. The van der Waals surface area contributed by atoms with Gasteiger partial charge in [-0.25, -0.2) is 0 Å². The van der Waals surface area contributed by atoms with Crippen molar-refractivity contribution in [2.75, 3.05) is 14.1 Å². The molecular weight excluding hydrogens is 256 g/mol. The maximum Gasteiger partial charge on any atom is 0.251 e. The molecule has 6 heteroatoms. The lowest BCUT2D eigenvalue weighted by Gasteiger charge is -1.95. The third-order valence-electron chi connectivity index (χ3n) is 2.34. The van der Waals surface area contributed by atoms with Crippen LogP contribution >= 0.6 is 0 Å². The molecular formula is C14H16N4O2. The summed E-state index contributed by atoms with van der Waals surface area (Å²) in [6.45, 7) is 0. The molecule has 104 valence electrons. The Bertz CT molecular complexity index is 492. The number of hydrogen-bond donors (Lipinski definition) is 2. The molecule has 0 atom stereocenters. The second-order valence-electron chi connectivity index (χ2n) is 3.63. The normalized spacial score (nSPS) is 8.90. The number of nitrogens with one attached hydrogen (secondary N) is 2. The lowest BCUT2D eigenvalue weighted by molar-refractivity contribution is 0.0955. The molecule has 0 aromatic carbocycles. The number of aromatic nitrogens is 2. The van der Waals surface area contributed by atoms with Crippen molar-refractivity contribution in [3.05, 3.63) is 60.2 Å². The van der Waals surface area contributed by atoms with Crippen LogP contribution in [0.15, 0.2) is 49.1 Å². The van der Waals surface area contributed by atoms with Crippen LogP contribution in [0.25, 0.3) is 0 Å². The third kappa shape index (κ3) is 4.85. The smallest absolute Gasteiger partial charge is 0.251 e. The van der Waals surface area contributed by atoms with E-state index in [9.17, 15) is 9.59 Å². The Morgan fingerprint density at radius 3 is 1.30 bits per heavy atom. The first-order valence-electron chi connectivity index (χ1n) is 5.93. The van der Waals surface area contributed by atoms with E-state index in [4.69, 9.17) is 0 Å². The number of pyridine rings is 2. The molecule has 0 unspecified atom stereocenters. The van der Waals surface area contributed by atoms with Gasteiger partial charge in [0.05, 0.1) is 0 Å². The number of carbonyl (C=O) groups is 2. The van der Waals surface area contributed by atoms with Gasteiger partial charge in [-0.05, 0) is 24.3 Å². The summed E-state index contributed by atoms with van der Waals surface area (Å²) in [5.74, 6) is -0.162. The predicted octanol–water partition coefficient (Wildman–Crippen LogP) is 0.882. The summed E-state index contributed by atoms with van der Waals surface area (Å²) < 4.78 is 0. The van der Waals surface area contributed by atoms with Crippen molar-refractivity contribution in [3.8, 4) is 0 Å². The van der Waals surface area contributed by atoms with Crippen LogP contribution < -0.4 is 10.6 Å². The standard InChI is InChI=1S/2C7H8N2O/c2*1-8-7(10)6-2-4-9-5-3-6/h2*2-5H,1H3,(H,8,10). The summed E-state index contributed by atoms with van der Waals surface area (Å²) in [4.78, 5) is 29.3. The maximum absolute atomic E-state index is 10.9. The molecule has 2 N–H and O–H groups in total. The zero-order valence-electron chi connectivity index (χ0n) is 11.3. The summed E-state index contributed by atoms with van der Waals surface area (Å²) in [5, 5.41) is 5.03. The number of rotatable bonds is 2. The highest BCUT2D eigenvalue weighted by Crippen LogP contribution is 1.94. The highest BCUT2D eigenvalue weighted by molar-refractivity contribution is 5.94. The molecule has 0 saturated carbocycles. The minimum atomic E-state index is -0.0811. The second-order valence-corrected chi connectivity index (χ2v) is 3.63. The van der Waals surface area contributed by atoms with E-state index in [0.29, 0.717) is 11.1 Å². The molecule has 0 aliphatic carbocycles. The van der Waals surface area contributed by atoms with Crippen LogP contribution in [0.1, 0.15) is 20.7 Å². The monoisotopic (exact) mass is 272 g/mol. The van der Waals surface area contributed by atoms with Crippen molar-refractivity contribution >= 4 is 11.8 Å². The molecule has 0 fully saturated rings. The van der Waals surface area contributed by atoms with E-state index in [2.05, 4.69) is 20.6 Å². The van der Waals surface area contributed by atoms with Crippen LogP contribution in [0.5, 0.6) is 0 Å². The average Bonchev–Trinajstić information content (AvgIpc) is 2.55. The Hall–Kier alpha value is -2.76. The van der Waals surface area contributed by atoms with Crippen LogP contribution in [0.3, 0.4) is 0 Å². The summed E-state index contributed by atoms with van der Waals surface area (Å²) in [6, 6.07) is 6.66. The maximum atomic E-state index is 10.9. The van der Waals surface area contributed by atoms with Gasteiger partial charge in [-0.2, -0.15) is 0 Å². The van der Waals surface area contributed by atoms with Gasteiger partial charge in [0.1, 0.15) is 0 Å². The van der Waals surface area contributed by atoms with Gasteiger partial charge in [-0.15, -0.1) is 0 Å². The lowest BCUT2D eigenvalue weighted by Crippen LogP contribution is -2.17. The molecule has 2 amide bonds. The van der Waals surface area contributed by atoms with Gasteiger partial charge in [0, 0.05) is 50.0 Å². The molecule has 0 radical (unpaired) electrons. The number of carbonyl (C=O) groups excluding carboxylic acids is 2. The molecule has 0 bridgehead atoms. The molecule has 2 aromatic heterocycles. The minimum Gasteiger partial charge on any atom is -0.355 e. The zero-order chi connectivity index (χ0) is 14.8. The summed E-state index contributed by atoms with van der Waals surface area (Å²) >= 11 is 0. The van der Waals surface area contributed by atoms with Gasteiger partial charge >= 0.3 is 0 Å². The van der Waals surface area contributed by atoms with Crippen molar-refractivity contribution < 1.29 is 9.59 Å². The Labute approximate surface area is 117 Å². The Balaban J connectivity index is 0.000000200. The Morgan fingerprint density at radius 1 is 0.750 bits per heavy atom. The fraction of sp³-hybridized carbons (Fsp3) is 0.143. The van der Waals surface area contributed by atoms with E-state index in [-0.39, 0.29) is 11.8 Å². The second kappa shape index (κ2) is 8.36. The summed E-state index contributed by atoms with van der Waals surface area (Å²) in [7, 11) is 3.20. The molecule has 0 aliphatic rings. The van der Waals surface area contributed by atoms with Gasteiger partial charge < -0.3 is 10.6 Å². The number of nitrogens with zero attached hydrogens (tertiary/aromatic N) is 2. The first-order valence-corrected chi connectivity index (χ1v) is 5.93. The van der Waals surface area contributed by atoms with Crippen molar-refractivity contribution in [1.29, 1.82) is 0 Å². The molecule has 2 aromatic rings. The molecule has 20 heavy (non-hydrogen) atoms. The highest BCUT2D eigenvalue weighted by Gasteiger charge is 1.99. The number of amides is 2. The topological polar surface area (TPSA) is 84.0 Å². The van der Waals surface area contributed by atoms with E-state index in [1.54, 1.807) is 63.1 Å². The average molecular weight is 272 g/mol. The Morgan fingerprint density at radius 2 is 1.05 bits per heavy atom. The SMILES string of the molecule is CNC(=O)c1ccncc1.CNC(=O)c1ccncc1. The summed E-state index contributed by atoms with van der Waals surface area (Å²) in [5.41, 5.74) is 1.27. The zero-order valence-corrected chi connectivity index (χ0v) is 11.3. The van der Waals surface area contributed by atoms with Gasteiger partial charge in [0.2, 0.25) is 0 Å². The van der Waals surface area contributed by atoms with Crippen LogP contribution in [-0.4, -0.2) is 35.9 Å². The van der Waals surface area contributed by atoms with Crippen LogP contribution in [0, 0.1) is 0 Å². The quantitative estimate of drug-likeness (QED) is 0.850. The molecule has 2 rings (SSSR count). The fourth-order valence-corrected chi connectivity index (χ4v) is 1.30. The van der Waals surface area contributed by atoms with Gasteiger partial charge in [-0.1, -0.05) is 0 Å². The van der Waals surface area contributed by atoms with E-state index in [1.807, 2.05) is 0 Å². The molecule has 6 nitrogen and oxygen atoms in total. The predicted molar refractivity (Wildman–Crippen MR) is 75.3 cm³/mol. The molecule has 0 saturated heterocycles. The highest BCUT2D eigenvalue weighted by atomic mass is 16.2. The van der Waals surface area contributed by atoms with Crippen molar-refractivity contribution in [2.45, 2.75) is 0 Å². The van der Waals surface area contributed by atoms with E-state index >= 15 is 0 Å². The molecule has 2 heterocycles. The number of hydrogen-bond acceptors (Lipinski definition) is 4. The largest absolute Gasteiger partial charge is 0.355 e. The van der Waals surface area contributed by atoms with Crippen LogP contribution in [-0.2, 0) is 0 Å². The van der Waals surface area contributed by atoms with Gasteiger partial charge in [-0.3, -0.25) is 19.6 Å². The molecule has 0 spiro atoms. The lowest BCUT2D eigenvalue weighted by atomic mass is 10.2. The van der Waals surface area contributed by atoms with Crippen LogP contribution in [0.4, 0.5) is 0 Å². The van der Waals surface area contributed by atoms with Gasteiger partial charge in [0.25, 0.3) is 11.8 Å².